The second-order valence-corrected chi connectivity index (χ2v) is 5.03. The molecule has 3 heteroatoms. The van der Waals surface area contributed by atoms with Crippen molar-refractivity contribution in [2.75, 3.05) is 12.3 Å². The number of nitrogen functional groups attached to an aromatic ring is 1. The maximum Gasteiger partial charge on any atom is 0.254 e. The fourth-order valence-corrected chi connectivity index (χ4v) is 2.42. The first-order valence-corrected chi connectivity index (χ1v) is 7.37. The molecule has 0 aliphatic heterocycles. The van der Waals surface area contributed by atoms with E-state index in [4.69, 9.17) is 5.73 Å². The van der Waals surface area contributed by atoms with Crippen LogP contribution in [0.2, 0.25) is 0 Å². The molecule has 21 heavy (non-hydrogen) atoms. The molecule has 0 aliphatic rings. The van der Waals surface area contributed by atoms with E-state index in [1.165, 1.54) is 0 Å². The summed E-state index contributed by atoms with van der Waals surface area (Å²) in [5.41, 5.74) is 9.57. The van der Waals surface area contributed by atoms with Gasteiger partial charge in [-0.2, -0.15) is 0 Å². The molecule has 3 nitrogen and oxygen atoms in total. The van der Waals surface area contributed by atoms with Gasteiger partial charge in [-0.05, 0) is 36.6 Å². The van der Waals surface area contributed by atoms with Gasteiger partial charge in [-0.25, -0.2) is 0 Å². The Morgan fingerprint density at radius 1 is 1.00 bits per heavy atom. The van der Waals surface area contributed by atoms with E-state index in [2.05, 4.69) is 6.92 Å². The van der Waals surface area contributed by atoms with Gasteiger partial charge in [-0.3, -0.25) is 4.79 Å². The predicted octanol–water partition coefficient (Wildman–Crippen LogP) is 3.49. The first kappa shape index (κ1) is 15.1. The molecule has 2 aromatic carbocycles. The maximum atomic E-state index is 12.8. The van der Waals surface area contributed by atoms with Crippen LogP contribution >= 0.6 is 0 Å². The molecule has 2 aromatic rings. The molecule has 0 heterocycles. The summed E-state index contributed by atoms with van der Waals surface area (Å²) in [6.07, 6.45) is 0.854. The third kappa shape index (κ3) is 3.43. The van der Waals surface area contributed by atoms with Gasteiger partial charge in [0.05, 0.1) is 0 Å². The van der Waals surface area contributed by atoms with Gasteiger partial charge in [0.2, 0.25) is 0 Å². The quantitative estimate of drug-likeness (QED) is 0.853. The number of hydrogen-bond donors (Lipinski definition) is 1. The Morgan fingerprint density at radius 3 is 2.24 bits per heavy atom. The Morgan fingerprint density at radius 2 is 1.62 bits per heavy atom. The van der Waals surface area contributed by atoms with Crippen LogP contribution in [0.1, 0.15) is 35.3 Å². The van der Waals surface area contributed by atoms with Gasteiger partial charge < -0.3 is 10.6 Å². The monoisotopic (exact) mass is 282 g/mol. The second kappa shape index (κ2) is 6.93. The third-order valence-corrected chi connectivity index (χ3v) is 3.71. The van der Waals surface area contributed by atoms with Crippen LogP contribution in [0.15, 0.2) is 48.5 Å². The number of carbonyl (C=O) groups excluding carboxylic acids is 1. The Hall–Kier alpha value is -2.29. The van der Waals surface area contributed by atoms with Crippen molar-refractivity contribution in [2.24, 2.45) is 0 Å². The van der Waals surface area contributed by atoms with Gasteiger partial charge in [0, 0.05) is 24.3 Å². The number of amides is 1. The average molecular weight is 282 g/mol. The predicted molar refractivity (Wildman–Crippen MR) is 87.1 cm³/mol. The van der Waals surface area contributed by atoms with Gasteiger partial charge in [0.1, 0.15) is 0 Å². The van der Waals surface area contributed by atoms with Crippen molar-refractivity contribution in [2.45, 2.75) is 26.8 Å². The van der Waals surface area contributed by atoms with E-state index in [1.54, 1.807) is 0 Å². The van der Waals surface area contributed by atoms with Gasteiger partial charge in [0.15, 0.2) is 0 Å². The van der Waals surface area contributed by atoms with Crippen molar-refractivity contribution in [1.29, 1.82) is 0 Å². The van der Waals surface area contributed by atoms with Crippen LogP contribution in [-0.4, -0.2) is 17.4 Å². The van der Waals surface area contributed by atoms with E-state index in [9.17, 15) is 4.79 Å². The summed E-state index contributed by atoms with van der Waals surface area (Å²) in [5, 5.41) is 0. The second-order valence-electron chi connectivity index (χ2n) is 5.03. The third-order valence-electron chi connectivity index (χ3n) is 3.71. The molecule has 1 amide bonds. The van der Waals surface area contributed by atoms with Gasteiger partial charge in [-0.15, -0.1) is 0 Å². The molecule has 2 N–H and O–H groups in total. The fourth-order valence-electron chi connectivity index (χ4n) is 2.42. The Labute approximate surface area is 126 Å². The van der Waals surface area contributed by atoms with Gasteiger partial charge in [0.25, 0.3) is 5.91 Å². The van der Waals surface area contributed by atoms with Crippen LogP contribution in [0.5, 0.6) is 0 Å². The zero-order chi connectivity index (χ0) is 15.2. The largest absolute Gasteiger partial charge is 0.398 e. The number of rotatable bonds is 5. The molecule has 2 rings (SSSR count). The van der Waals surface area contributed by atoms with E-state index in [0.29, 0.717) is 13.1 Å². The summed E-state index contributed by atoms with van der Waals surface area (Å²) in [4.78, 5) is 14.6. The minimum atomic E-state index is 0.0678. The van der Waals surface area contributed by atoms with Crippen LogP contribution in [0, 0.1) is 0 Å². The minimum absolute atomic E-state index is 0.0678. The highest BCUT2D eigenvalue weighted by Gasteiger charge is 2.17. The lowest BCUT2D eigenvalue weighted by molar-refractivity contribution is 0.0752. The molecule has 0 radical (unpaired) electrons. The van der Waals surface area contributed by atoms with Crippen LogP contribution in [0.3, 0.4) is 0 Å². The van der Waals surface area contributed by atoms with Crippen molar-refractivity contribution in [1.82, 2.24) is 4.90 Å². The number of aryl methyl sites for hydroxylation is 1. The summed E-state index contributed by atoms with van der Waals surface area (Å²) >= 11 is 0. The topological polar surface area (TPSA) is 46.3 Å². The highest BCUT2D eigenvalue weighted by Crippen LogP contribution is 2.17. The zero-order valence-corrected chi connectivity index (χ0v) is 12.7. The molecule has 110 valence electrons. The van der Waals surface area contributed by atoms with Crippen LogP contribution in [-0.2, 0) is 13.0 Å². The molecule has 0 unspecified atom stereocenters. The molecule has 0 atom stereocenters. The molecule has 0 bridgehead atoms. The van der Waals surface area contributed by atoms with Crippen molar-refractivity contribution >= 4 is 11.6 Å². The van der Waals surface area contributed by atoms with Crippen molar-refractivity contribution in [3.05, 3.63) is 65.2 Å². The summed E-state index contributed by atoms with van der Waals surface area (Å²) in [6, 6.07) is 15.5. The van der Waals surface area contributed by atoms with Crippen molar-refractivity contribution in [3.63, 3.8) is 0 Å². The Kier molecular flexibility index (Phi) is 4.99. The summed E-state index contributed by atoms with van der Waals surface area (Å²) in [5.74, 6) is 0.0678. The van der Waals surface area contributed by atoms with E-state index >= 15 is 0 Å². The number of para-hydroxylation sites is 1. The molecule has 0 aliphatic carbocycles. The van der Waals surface area contributed by atoms with Crippen LogP contribution in [0.25, 0.3) is 0 Å². The first-order valence-electron chi connectivity index (χ1n) is 7.37. The summed E-state index contributed by atoms with van der Waals surface area (Å²) in [6.45, 7) is 5.26. The number of anilines is 1. The summed E-state index contributed by atoms with van der Waals surface area (Å²) in [7, 11) is 0. The lowest BCUT2D eigenvalue weighted by Gasteiger charge is -2.23. The van der Waals surface area contributed by atoms with Gasteiger partial charge >= 0.3 is 0 Å². The molecule has 0 fully saturated rings. The molecular weight excluding hydrogens is 260 g/mol. The molecule has 0 spiro atoms. The number of hydrogen-bond acceptors (Lipinski definition) is 2. The van der Waals surface area contributed by atoms with E-state index in [1.807, 2.05) is 60.4 Å². The van der Waals surface area contributed by atoms with Crippen molar-refractivity contribution < 1.29 is 4.79 Å². The standard InChI is InChI=1S/C18H22N2O/c1-3-14-9-5-7-11-16(14)18(21)20(4-2)13-15-10-6-8-12-17(15)19/h5-12H,3-4,13,19H2,1-2H3. The normalized spacial score (nSPS) is 10.4. The van der Waals surface area contributed by atoms with Gasteiger partial charge in [-0.1, -0.05) is 43.3 Å². The van der Waals surface area contributed by atoms with Crippen molar-refractivity contribution in [3.8, 4) is 0 Å². The van der Waals surface area contributed by atoms with Crippen LogP contribution < -0.4 is 5.73 Å². The highest BCUT2D eigenvalue weighted by atomic mass is 16.2. The van der Waals surface area contributed by atoms with E-state index < -0.39 is 0 Å². The zero-order valence-electron chi connectivity index (χ0n) is 12.7. The number of nitrogens with two attached hydrogens (primary N) is 1. The lowest BCUT2D eigenvalue weighted by Crippen LogP contribution is -2.31. The van der Waals surface area contributed by atoms with Crippen LogP contribution in [0.4, 0.5) is 5.69 Å². The van der Waals surface area contributed by atoms with E-state index in [-0.39, 0.29) is 5.91 Å². The minimum Gasteiger partial charge on any atom is -0.398 e. The van der Waals surface area contributed by atoms with E-state index in [0.717, 1.165) is 28.8 Å². The smallest absolute Gasteiger partial charge is 0.254 e. The first-order chi connectivity index (χ1) is 10.2. The summed E-state index contributed by atoms with van der Waals surface area (Å²) < 4.78 is 0. The fraction of sp³-hybridized carbons (Fsp3) is 0.278. The number of benzene rings is 2. The number of carbonyl (C=O) groups is 1. The lowest BCUT2D eigenvalue weighted by atomic mass is 10.0. The Bertz CT molecular complexity index is 622. The molecule has 0 saturated carbocycles. The number of nitrogens with zero attached hydrogens (tertiary/aromatic N) is 1. The molecular formula is C18H22N2O. The molecule has 0 aromatic heterocycles. The molecule has 0 saturated heterocycles. The SMILES string of the molecule is CCc1ccccc1C(=O)N(CC)Cc1ccccc1N. The highest BCUT2D eigenvalue weighted by molar-refractivity contribution is 5.95. The average Bonchev–Trinajstić information content (AvgIpc) is 2.53. The Balaban J connectivity index is 2.25. The maximum absolute atomic E-state index is 12.8.